The van der Waals surface area contributed by atoms with Crippen LogP contribution in [0.15, 0.2) is 42.6 Å². The Labute approximate surface area is 124 Å². The van der Waals surface area contributed by atoms with Gasteiger partial charge in [0.25, 0.3) is 5.91 Å². The molecule has 1 aromatic heterocycles. The second kappa shape index (κ2) is 6.74. The maximum Gasteiger partial charge on any atom is 0.255 e. The minimum atomic E-state index is -0.161. The Morgan fingerprint density at radius 1 is 1.24 bits per heavy atom. The third-order valence-electron chi connectivity index (χ3n) is 3.17. The number of pyridine rings is 1. The summed E-state index contributed by atoms with van der Waals surface area (Å²) in [5, 5.41) is 2.79. The van der Waals surface area contributed by atoms with E-state index in [9.17, 15) is 4.79 Å². The van der Waals surface area contributed by atoms with Crippen molar-refractivity contribution in [3.63, 3.8) is 0 Å². The summed E-state index contributed by atoms with van der Waals surface area (Å²) in [4.78, 5) is 18.2. The number of nitrogens with one attached hydrogen (secondary N) is 1. The number of hydrogen-bond donors (Lipinski definition) is 2. The van der Waals surface area contributed by atoms with E-state index >= 15 is 0 Å². The van der Waals surface area contributed by atoms with Gasteiger partial charge in [0.2, 0.25) is 0 Å². The summed E-state index contributed by atoms with van der Waals surface area (Å²) in [5.41, 5.74) is 7.85. The van der Waals surface area contributed by atoms with E-state index in [2.05, 4.69) is 22.1 Å². The number of nitrogens with zero attached hydrogens (tertiary/aromatic N) is 2. The lowest BCUT2D eigenvalue weighted by atomic mass is 10.2. The highest BCUT2D eigenvalue weighted by Crippen LogP contribution is 2.15. The molecule has 0 aliphatic heterocycles. The van der Waals surface area contributed by atoms with Gasteiger partial charge in [0, 0.05) is 24.8 Å². The van der Waals surface area contributed by atoms with E-state index < -0.39 is 0 Å². The van der Waals surface area contributed by atoms with Gasteiger partial charge >= 0.3 is 0 Å². The molecule has 2 aromatic rings. The van der Waals surface area contributed by atoms with Gasteiger partial charge in [-0.1, -0.05) is 6.92 Å². The second-order valence-corrected chi connectivity index (χ2v) is 4.89. The number of hydrogen-bond acceptors (Lipinski definition) is 4. The van der Waals surface area contributed by atoms with Gasteiger partial charge < -0.3 is 16.0 Å². The van der Waals surface area contributed by atoms with E-state index in [-0.39, 0.29) is 5.91 Å². The maximum absolute atomic E-state index is 12.1. The average Bonchev–Trinajstić information content (AvgIpc) is 2.50. The van der Waals surface area contributed by atoms with Crippen molar-refractivity contribution in [1.29, 1.82) is 0 Å². The summed E-state index contributed by atoms with van der Waals surface area (Å²) in [6, 6.07) is 10.9. The van der Waals surface area contributed by atoms with Gasteiger partial charge in [-0.05, 0) is 42.8 Å². The number of amides is 1. The van der Waals surface area contributed by atoms with E-state index in [0.717, 1.165) is 18.7 Å². The Hall–Kier alpha value is -2.56. The van der Waals surface area contributed by atoms with Gasteiger partial charge in [-0.25, -0.2) is 4.98 Å². The molecular weight excluding hydrogens is 264 g/mol. The number of carbonyl (C=O) groups is 1. The second-order valence-electron chi connectivity index (χ2n) is 4.89. The van der Waals surface area contributed by atoms with Crippen LogP contribution in [-0.2, 0) is 0 Å². The molecule has 1 aromatic carbocycles. The fraction of sp³-hybridized carbons (Fsp3) is 0.250. The fourth-order valence-electron chi connectivity index (χ4n) is 2.01. The number of rotatable bonds is 5. The van der Waals surface area contributed by atoms with E-state index in [1.165, 1.54) is 6.20 Å². The minimum Gasteiger partial charge on any atom is -0.384 e. The summed E-state index contributed by atoms with van der Waals surface area (Å²) >= 11 is 0. The zero-order valence-corrected chi connectivity index (χ0v) is 12.3. The van der Waals surface area contributed by atoms with Crippen molar-refractivity contribution in [1.82, 2.24) is 4.98 Å². The normalized spacial score (nSPS) is 10.2. The molecule has 110 valence electrons. The molecule has 0 aliphatic carbocycles. The van der Waals surface area contributed by atoms with Gasteiger partial charge in [-0.15, -0.1) is 0 Å². The van der Waals surface area contributed by atoms with Crippen molar-refractivity contribution < 1.29 is 4.79 Å². The first kappa shape index (κ1) is 14.8. The van der Waals surface area contributed by atoms with Crippen LogP contribution in [0.25, 0.3) is 0 Å². The molecule has 0 bridgehead atoms. The van der Waals surface area contributed by atoms with Crippen molar-refractivity contribution in [2.24, 2.45) is 0 Å². The third kappa shape index (κ3) is 3.95. The van der Waals surface area contributed by atoms with Crippen LogP contribution in [0, 0.1) is 0 Å². The highest BCUT2D eigenvalue weighted by molar-refractivity contribution is 6.04. The summed E-state index contributed by atoms with van der Waals surface area (Å²) in [6.45, 7) is 3.13. The van der Waals surface area contributed by atoms with Gasteiger partial charge in [-0.2, -0.15) is 0 Å². The molecule has 0 radical (unpaired) electrons. The topological polar surface area (TPSA) is 71.2 Å². The smallest absolute Gasteiger partial charge is 0.255 e. The largest absolute Gasteiger partial charge is 0.384 e. The lowest BCUT2D eigenvalue weighted by Gasteiger charge is -2.18. The number of benzene rings is 1. The Kier molecular flexibility index (Phi) is 4.77. The molecule has 0 saturated heterocycles. The molecule has 2 rings (SSSR count). The lowest BCUT2D eigenvalue weighted by molar-refractivity contribution is 0.102. The Morgan fingerprint density at radius 3 is 2.52 bits per heavy atom. The van der Waals surface area contributed by atoms with Crippen LogP contribution in [0.5, 0.6) is 0 Å². The van der Waals surface area contributed by atoms with Crippen molar-refractivity contribution in [3.8, 4) is 0 Å². The van der Waals surface area contributed by atoms with E-state index in [1.807, 2.05) is 31.3 Å². The third-order valence-corrected chi connectivity index (χ3v) is 3.17. The van der Waals surface area contributed by atoms with Crippen LogP contribution in [-0.4, -0.2) is 24.5 Å². The Balaban J connectivity index is 2.04. The molecule has 1 amide bonds. The standard InChI is InChI=1S/C16H20N4O/c1-3-10-20(2)14-7-4-12(5-8-14)16(21)19-13-6-9-15(17)18-11-13/h4-9,11H,3,10H2,1-2H3,(H2,17,18)(H,19,21). The van der Waals surface area contributed by atoms with Crippen LogP contribution in [0.3, 0.4) is 0 Å². The molecule has 0 unspecified atom stereocenters. The van der Waals surface area contributed by atoms with Crippen LogP contribution < -0.4 is 16.0 Å². The number of nitrogen functional groups attached to an aromatic ring is 1. The monoisotopic (exact) mass is 284 g/mol. The molecule has 0 fully saturated rings. The summed E-state index contributed by atoms with van der Waals surface area (Å²) in [5.74, 6) is 0.266. The predicted molar refractivity (Wildman–Crippen MR) is 86.6 cm³/mol. The number of aromatic nitrogens is 1. The van der Waals surface area contributed by atoms with Crippen LogP contribution in [0.2, 0.25) is 0 Å². The number of nitrogens with two attached hydrogens (primary N) is 1. The molecule has 1 heterocycles. The average molecular weight is 284 g/mol. The van der Waals surface area contributed by atoms with E-state index in [0.29, 0.717) is 17.1 Å². The summed E-state index contributed by atoms with van der Waals surface area (Å²) in [7, 11) is 2.04. The van der Waals surface area contributed by atoms with Gasteiger partial charge in [0.05, 0.1) is 11.9 Å². The zero-order valence-electron chi connectivity index (χ0n) is 12.3. The minimum absolute atomic E-state index is 0.161. The molecule has 5 heteroatoms. The number of carbonyl (C=O) groups excluding carboxylic acids is 1. The maximum atomic E-state index is 12.1. The molecule has 0 spiro atoms. The highest BCUT2D eigenvalue weighted by Gasteiger charge is 2.07. The number of anilines is 3. The van der Waals surface area contributed by atoms with Crippen LogP contribution in [0.4, 0.5) is 17.2 Å². The molecule has 21 heavy (non-hydrogen) atoms. The summed E-state index contributed by atoms with van der Waals surface area (Å²) in [6.07, 6.45) is 2.62. The fourth-order valence-corrected chi connectivity index (χ4v) is 2.01. The molecular formula is C16H20N4O. The lowest BCUT2D eigenvalue weighted by Crippen LogP contribution is -2.18. The van der Waals surface area contributed by atoms with Crippen molar-refractivity contribution >= 4 is 23.1 Å². The molecule has 5 nitrogen and oxygen atoms in total. The van der Waals surface area contributed by atoms with Gasteiger partial charge in [-0.3, -0.25) is 4.79 Å². The SMILES string of the molecule is CCCN(C)c1ccc(C(=O)Nc2ccc(N)nc2)cc1. The Bertz CT molecular complexity index is 593. The van der Waals surface area contributed by atoms with E-state index in [4.69, 9.17) is 5.73 Å². The molecule has 0 aliphatic rings. The van der Waals surface area contributed by atoms with Gasteiger partial charge in [0.1, 0.15) is 5.82 Å². The Morgan fingerprint density at radius 2 is 1.95 bits per heavy atom. The van der Waals surface area contributed by atoms with Crippen molar-refractivity contribution in [3.05, 3.63) is 48.2 Å². The van der Waals surface area contributed by atoms with Crippen molar-refractivity contribution in [2.75, 3.05) is 29.5 Å². The molecule has 0 atom stereocenters. The molecule has 3 N–H and O–H groups in total. The van der Waals surface area contributed by atoms with Crippen molar-refractivity contribution in [2.45, 2.75) is 13.3 Å². The zero-order chi connectivity index (χ0) is 15.2. The van der Waals surface area contributed by atoms with E-state index in [1.54, 1.807) is 12.1 Å². The first-order chi connectivity index (χ1) is 10.1. The van der Waals surface area contributed by atoms with Gasteiger partial charge in [0.15, 0.2) is 0 Å². The van der Waals surface area contributed by atoms with Crippen LogP contribution in [0.1, 0.15) is 23.7 Å². The first-order valence-corrected chi connectivity index (χ1v) is 6.94. The first-order valence-electron chi connectivity index (χ1n) is 6.94. The highest BCUT2D eigenvalue weighted by atomic mass is 16.1. The van der Waals surface area contributed by atoms with Crippen LogP contribution >= 0.6 is 0 Å². The predicted octanol–water partition coefficient (Wildman–Crippen LogP) is 2.76. The quantitative estimate of drug-likeness (QED) is 0.885. The molecule has 0 saturated carbocycles. The summed E-state index contributed by atoms with van der Waals surface area (Å²) < 4.78 is 0.